The van der Waals surface area contributed by atoms with Crippen LogP contribution >= 0.6 is 0 Å². The number of aliphatic hydroxyl groups excluding tert-OH is 1. The molecular weight excluding hydrogens is 178 g/mol. The molecule has 1 rings (SSSR count). The van der Waals surface area contributed by atoms with Crippen molar-refractivity contribution in [1.29, 1.82) is 0 Å². The summed E-state index contributed by atoms with van der Waals surface area (Å²) in [5.74, 6) is 0. The van der Waals surface area contributed by atoms with E-state index in [-0.39, 0.29) is 12.2 Å². The molecule has 3 heteroatoms. The molecule has 1 aliphatic rings. The first-order valence-electron chi connectivity index (χ1n) is 5.76. The van der Waals surface area contributed by atoms with E-state index in [1.165, 1.54) is 0 Å². The second kappa shape index (κ2) is 6.38. The van der Waals surface area contributed by atoms with Gasteiger partial charge < -0.3 is 15.2 Å². The van der Waals surface area contributed by atoms with Crippen LogP contribution in [0.1, 0.15) is 39.5 Å². The molecule has 14 heavy (non-hydrogen) atoms. The molecule has 3 unspecified atom stereocenters. The highest BCUT2D eigenvalue weighted by Crippen LogP contribution is 2.22. The van der Waals surface area contributed by atoms with Gasteiger partial charge in [0.25, 0.3) is 0 Å². The molecule has 0 aromatic heterocycles. The Morgan fingerprint density at radius 2 is 2.29 bits per heavy atom. The van der Waals surface area contributed by atoms with Crippen LogP contribution in [0.4, 0.5) is 0 Å². The molecule has 0 radical (unpaired) electrons. The van der Waals surface area contributed by atoms with E-state index in [9.17, 15) is 5.11 Å². The largest absolute Gasteiger partial charge is 0.392 e. The third-order valence-electron chi connectivity index (χ3n) is 2.66. The van der Waals surface area contributed by atoms with Crippen LogP contribution in [0, 0.1) is 0 Å². The SMILES string of the molecule is CCCNCC(O)CC1CCC(C)O1. The van der Waals surface area contributed by atoms with Crippen molar-refractivity contribution in [2.24, 2.45) is 0 Å². The number of rotatable bonds is 6. The van der Waals surface area contributed by atoms with Crippen molar-refractivity contribution in [3.8, 4) is 0 Å². The Labute approximate surface area is 86.8 Å². The van der Waals surface area contributed by atoms with Gasteiger partial charge in [-0.25, -0.2) is 0 Å². The molecule has 0 aromatic carbocycles. The average Bonchev–Trinajstić information content (AvgIpc) is 2.52. The van der Waals surface area contributed by atoms with Crippen LogP contribution < -0.4 is 5.32 Å². The number of hydrogen-bond acceptors (Lipinski definition) is 3. The third-order valence-corrected chi connectivity index (χ3v) is 2.66. The van der Waals surface area contributed by atoms with E-state index in [1.54, 1.807) is 0 Å². The molecule has 0 bridgehead atoms. The standard InChI is InChI=1S/C11H23NO2/c1-3-6-12-8-10(13)7-11-5-4-9(2)14-11/h9-13H,3-8H2,1-2H3. The minimum atomic E-state index is -0.253. The zero-order chi connectivity index (χ0) is 10.4. The number of nitrogens with one attached hydrogen (secondary N) is 1. The van der Waals surface area contributed by atoms with Gasteiger partial charge in [-0.1, -0.05) is 6.92 Å². The van der Waals surface area contributed by atoms with Gasteiger partial charge in [0.1, 0.15) is 0 Å². The van der Waals surface area contributed by atoms with Crippen molar-refractivity contribution in [3.05, 3.63) is 0 Å². The van der Waals surface area contributed by atoms with Crippen LogP contribution in [0.15, 0.2) is 0 Å². The summed E-state index contributed by atoms with van der Waals surface area (Å²) in [7, 11) is 0. The molecule has 1 heterocycles. The first kappa shape index (κ1) is 12.0. The van der Waals surface area contributed by atoms with Crippen LogP contribution in [0.5, 0.6) is 0 Å². The summed E-state index contributed by atoms with van der Waals surface area (Å²) in [4.78, 5) is 0. The number of aliphatic hydroxyl groups is 1. The molecule has 3 nitrogen and oxygen atoms in total. The topological polar surface area (TPSA) is 41.5 Å². The number of hydrogen-bond donors (Lipinski definition) is 2. The van der Waals surface area contributed by atoms with Crippen molar-refractivity contribution in [2.45, 2.75) is 57.8 Å². The first-order chi connectivity index (χ1) is 6.72. The summed E-state index contributed by atoms with van der Waals surface area (Å²) in [5.41, 5.74) is 0. The average molecular weight is 201 g/mol. The normalized spacial score (nSPS) is 29.4. The molecule has 84 valence electrons. The Hall–Kier alpha value is -0.120. The van der Waals surface area contributed by atoms with Crippen LogP contribution in [-0.2, 0) is 4.74 Å². The zero-order valence-electron chi connectivity index (χ0n) is 9.33. The van der Waals surface area contributed by atoms with Crippen LogP contribution in [0.25, 0.3) is 0 Å². The van der Waals surface area contributed by atoms with Gasteiger partial charge in [-0.2, -0.15) is 0 Å². The molecule has 0 amide bonds. The predicted octanol–water partition coefficient (Wildman–Crippen LogP) is 1.30. The smallest absolute Gasteiger partial charge is 0.0689 e. The molecule has 1 saturated heterocycles. The summed E-state index contributed by atoms with van der Waals surface area (Å²) < 4.78 is 5.65. The molecule has 2 N–H and O–H groups in total. The van der Waals surface area contributed by atoms with Crippen LogP contribution in [0.3, 0.4) is 0 Å². The van der Waals surface area contributed by atoms with Crippen molar-refractivity contribution >= 4 is 0 Å². The van der Waals surface area contributed by atoms with Gasteiger partial charge in [0.2, 0.25) is 0 Å². The predicted molar refractivity (Wildman–Crippen MR) is 57.4 cm³/mol. The lowest BCUT2D eigenvalue weighted by atomic mass is 10.1. The molecular formula is C11H23NO2. The van der Waals surface area contributed by atoms with Gasteiger partial charge in [0, 0.05) is 13.0 Å². The quantitative estimate of drug-likeness (QED) is 0.637. The monoisotopic (exact) mass is 201 g/mol. The van der Waals surface area contributed by atoms with Crippen LogP contribution in [0.2, 0.25) is 0 Å². The van der Waals surface area contributed by atoms with Gasteiger partial charge >= 0.3 is 0 Å². The maximum absolute atomic E-state index is 9.68. The van der Waals surface area contributed by atoms with Gasteiger partial charge in [0.05, 0.1) is 18.3 Å². The van der Waals surface area contributed by atoms with Gasteiger partial charge in [-0.3, -0.25) is 0 Å². The highest BCUT2D eigenvalue weighted by molar-refractivity contribution is 4.74. The highest BCUT2D eigenvalue weighted by atomic mass is 16.5. The fourth-order valence-electron chi connectivity index (χ4n) is 1.89. The second-order valence-corrected chi connectivity index (χ2v) is 4.24. The highest BCUT2D eigenvalue weighted by Gasteiger charge is 2.23. The van der Waals surface area contributed by atoms with Crippen molar-refractivity contribution in [1.82, 2.24) is 5.32 Å². The summed E-state index contributed by atoms with van der Waals surface area (Å²) in [6.45, 7) is 5.91. The third kappa shape index (κ3) is 4.40. The summed E-state index contributed by atoms with van der Waals surface area (Å²) in [6, 6.07) is 0. The van der Waals surface area contributed by atoms with Gasteiger partial charge in [0.15, 0.2) is 0 Å². The molecule has 0 spiro atoms. The molecule has 0 aromatic rings. The Morgan fingerprint density at radius 3 is 2.86 bits per heavy atom. The van der Waals surface area contributed by atoms with E-state index >= 15 is 0 Å². The summed E-state index contributed by atoms with van der Waals surface area (Å²) >= 11 is 0. The van der Waals surface area contributed by atoms with E-state index in [0.717, 1.165) is 32.2 Å². The number of ether oxygens (including phenoxy) is 1. The lowest BCUT2D eigenvalue weighted by molar-refractivity contribution is 0.0201. The zero-order valence-corrected chi connectivity index (χ0v) is 9.33. The van der Waals surface area contributed by atoms with E-state index in [0.29, 0.717) is 12.6 Å². The van der Waals surface area contributed by atoms with Crippen molar-refractivity contribution < 1.29 is 9.84 Å². The van der Waals surface area contributed by atoms with Gasteiger partial charge in [-0.05, 0) is 32.7 Å². The maximum Gasteiger partial charge on any atom is 0.0689 e. The lowest BCUT2D eigenvalue weighted by Crippen LogP contribution is -2.30. The summed E-state index contributed by atoms with van der Waals surface area (Å²) in [5, 5.41) is 12.9. The first-order valence-corrected chi connectivity index (χ1v) is 5.76. The minimum Gasteiger partial charge on any atom is -0.392 e. The fraction of sp³-hybridized carbons (Fsp3) is 1.00. The van der Waals surface area contributed by atoms with Gasteiger partial charge in [-0.15, -0.1) is 0 Å². The molecule has 1 aliphatic heterocycles. The second-order valence-electron chi connectivity index (χ2n) is 4.24. The maximum atomic E-state index is 9.68. The van der Waals surface area contributed by atoms with Crippen molar-refractivity contribution in [3.63, 3.8) is 0 Å². The minimum absolute atomic E-state index is 0.253. The Kier molecular flexibility index (Phi) is 5.45. The lowest BCUT2D eigenvalue weighted by Gasteiger charge is -2.16. The molecule has 1 fully saturated rings. The Bertz CT molecular complexity index is 152. The summed E-state index contributed by atoms with van der Waals surface area (Å²) in [6.07, 6.45) is 4.55. The molecule has 3 atom stereocenters. The fourth-order valence-corrected chi connectivity index (χ4v) is 1.89. The molecule has 0 saturated carbocycles. The van der Waals surface area contributed by atoms with E-state index in [1.807, 2.05) is 0 Å². The van der Waals surface area contributed by atoms with Crippen molar-refractivity contribution in [2.75, 3.05) is 13.1 Å². The van der Waals surface area contributed by atoms with E-state index < -0.39 is 0 Å². The van der Waals surface area contributed by atoms with E-state index in [2.05, 4.69) is 19.2 Å². The Balaban J connectivity index is 2.05. The van der Waals surface area contributed by atoms with Crippen LogP contribution in [-0.4, -0.2) is 36.5 Å². The Morgan fingerprint density at radius 1 is 1.50 bits per heavy atom. The van der Waals surface area contributed by atoms with E-state index in [4.69, 9.17) is 4.74 Å². The molecule has 0 aliphatic carbocycles.